The Morgan fingerprint density at radius 2 is 1.93 bits per heavy atom. The Bertz CT molecular complexity index is 803. The average Bonchev–Trinajstić information content (AvgIpc) is 3.16. The third kappa shape index (κ3) is 5.81. The number of hydrogen-bond acceptors (Lipinski definition) is 6. The van der Waals surface area contributed by atoms with Gasteiger partial charge < -0.3 is 14.4 Å². The Kier molecular flexibility index (Phi) is 6.70. The van der Waals surface area contributed by atoms with E-state index in [1.54, 1.807) is 17.6 Å². The summed E-state index contributed by atoms with van der Waals surface area (Å²) in [4.78, 5) is 15.2. The highest BCUT2D eigenvalue weighted by Gasteiger charge is 2.14. The second-order valence-electron chi connectivity index (χ2n) is 7.63. The molecule has 1 N–H and O–H groups in total. The van der Waals surface area contributed by atoms with Gasteiger partial charge in [0.2, 0.25) is 0 Å². The molecule has 0 bridgehead atoms. The molecule has 0 saturated carbocycles. The smallest absolute Gasteiger partial charge is 0.277 e. The molecule has 0 aliphatic carbocycles. The number of hydrogen-bond donors (Lipinski definition) is 1. The SMILES string of the molecule is CC(C)(C)c1ccc(OCC(=O)NN=Cc2ccc(N3CCOCC3)s2)cc1. The Morgan fingerprint density at radius 3 is 2.61 bits per heavy atom. The molecule has 2 aromatic rings. The molecule has 1 saturated heterocycles. The van der Waals surface area contributed by atoms with Gasteiger partial charge in [0, 0.05) is 18.0 Å². The van der Waals surface area contributed by atoms with Gasteiger partial charge in [0.25, 0.3) is 5.91 Å². The van der Waals surface area contributed by atoms with Crippen LogP contribution in [0.1, 0.15) is 31.2 Å². The zero-order valence-electron chi connectivity index (χ0n) is 16.6. The van der Waals surface area contributed by atoms with E-state index in [2.05, 4.69) is 42.3 Å². The number of anilines is 1. The van der Waals surface area contributed by atoms with Gasteiger partial charge in [-0.15, -0.1) is 11.3 Å². The minimum absolute atomic E-state index is 0.0737. The first-order valence-electron chi connectivity index (χ1n) is 9.39. The van der Waals surface area contributed by atoms with Crippen molar-refractivity contribution in [1.82, 2.24) is 5.43 Å². The van der Waals surface area contributed by atoms with Gasteiger partial charge in [-0.05, 0) is 35.2 Å². The minimum atomic E-state index is -0.291. The predicted molar refractivity (Wildman–Crippen MR) is 114 cm³/mol. The lowest BCUT2D eigenvalue weighted by molar-refractivity contribution is -0.123. The molecule has 0 atom stereocenters. The summed E-state index contributed by atoms with van der Waals surface area (Å²) in [6.45, 7) is 9.73. The Morgan fingerprint density at radius 1 is 1.21 bits per heavy atom. The summed E-state index contributed by atoms with van der Waals surface area (Å²) in [5.41, 5.74) is 3.82. The number of nitrogens with one attached hydrogen (secondary N) is 1. The van der Waals surface area contributed by atoms with Crippen LogP contribution in [0.5, 0.6) is 5.75 Å². The van der Waals surface area contributed by atoms with E-state index in [0.717, 1.165) is 31.2 Å². The van der Waals surface area contributed by atoms with Gasteiger partial charge in [-0.3, -0.25) is 4.79 Å². The molecule has 1 aliphatic heterocycles. The maximum absolute atomic E-state index is 11.9. The van der Waals surface area contributed by atoms with Crippen molar-refractivity contribution in [3.8, 4) is 5.75 Å². The number of hydrazone groups is 1. The molecule has 150 valence electrons. The van der Waals surface area contributed by atoms with E-state index in [1.807, 2.05) is 30.3 Å². The van der Waals surface area contributed by atoms with Gasteiger partial charge in [0.1, 0.15) is 5.75 Å². The summed E-state index contributed by atoms with van der Waals surface area (Å²) in [5, 5.41) is 5.21. The molecule has 2 heterocycles. The van der Waals surface area contributed by atoms with Crippen molar-refractivity contribution in [3.05, 3.63) is 46.8 Å². The monoisotopic (exact) mass is 401 g/mol. The molecule has 3 rings (SSSR count). The number of benzene rings is 1. The molecular formula is C21H27N3O3S. The number of morpholine rings is 1. The van der Waals surface area contributed by atoms with Gasteiger partial charge in [-0.2, -0.15) is 5.10 Å². The summed E-state index contributed by atoms with van der Waals surface area (Å²) in [7, 11) is 0. The molecule has 7 heteroatoms. The van der Waals surface area contributed by atoms with Crippen molar-refractivity contribution in [2.24, 2.45) is 5.10 Å². The van der Waals surface area contributed by atoms with E-state index < -0.39 is 0 Å². The van der Waals surface area contributed by atoms with Crippen molar-refractivity contribution in [2.45, 2.75) is 26.2 Å². The van der Waals surface area contributed by atoms with Crippen molar-refractivity contribution >= 4 is 28.5 Å². The Hall–Kier alpha value is -2.38. The van der Waals surface area contributed by atoms with Crippen molar-refractivity contribution in [2.75, 3.05) is 37.8 Å². The first kappa shape index (κ1) is 20.4. The van der Waals surface area contributed by atoms with Gasteiger partial charge >= 0.3 is 0 Å². The number of rotatable bonds is 6. The predicted octanol–water partition coefficient (Wildman–Crippen LogP) is 3.41. The van der Waals surface area contributed by atoms with Crippen molar-refractivity contribution in [3.63, 3.8) is 0 Å². The van der Waals surface area contributed by atoms with Crippen LogP contribution in [0.15, 0.2) is 41.5 Å². The quantitative estimate of drug-likeness (QED) is 0.595. The fourth-order valence-electron chi connectivity index (χ4n) is 2.77. The lowest BCUT2D eigenvalue weighted by Crippen LogP contribution is -2.35. The third-order valence-electron chi connectivity index (χ3n) is 4.41. The average molecular weight is 402 g/mol. The highest BCUT2D eigenvalue weighted by atomic mass is 32.1. The van der Waals surface area contributed by atoms with Crippen LogP contribution in [0.25, 0.3) is 0 Å². The Balaban J connectivity index is 1.43. The fourth-order valence-corrected chi connectivity index (χ4v) is 3.70. The molecule has 1 aliphatic rings. The van der Waals surface area contributed by atoms with E-state index in [4.69, 9.17) is 9.47 Å². The summed E-state index contributed by atoms with van der Waals surface area (Å²) < 4.78 is 10.9. The number of thiophene rings is 1. The summed E-state index contributed by atoms with van der Waals surface area (Å²) >= 11 is 1.64. The molecule has 1 aromatic heterocycles. The highest BCUT2D eigenvalue weighted by molar-refractivity contribution is 7.17. The van der Waals surface area contributed by atoms with Gasteiger partial charge in [-0.1, -0.05) is 32.9 Å². The molecule has 1 aromatic carbocycles. The summed E-state index contributed by atoms with van der Waals surface area (Å²) in [6, 6.07) is 11.9. The number of ether oxygens (including phenoxy) is 2. The van der Waals surface area contributed by atoms with Crippen LogP contribution in [0.3, 0.4) is 0 Å². The maximum atomic E-state index is 11.9. The van der Waals surface area contributed by atoms with E-state index >= 15 is 0 Å². The second-order valence-corrected chi connectivity index (χ2v) is 8.73. The maximum Gasteiger partial charge on any atom is 0.277 e. The molecule has 6 nitrogen and oxygen atoms in total. The number of nitrogens with zero attached hydrogens (tertiary/aromatic N) is 2. The van der Waals surface area contributed by atoms with E-state index in [9.17, 15) is 4.79 Å². The summed E-state index contributed by atoms with van der Waals surface area (Å²) in [5.74, 6) is 0.377. The van der Waals surface area contributed by atoms with E-state index in [-0.39, 0.29) is 17.9 Å². The highest BCUT2D eigenvalue weighted by Crippen LogP contribution is 2.26. The molecular weight excluding hydrogens is 374 g/mol. The van der Waals surface area contributed by atoms with Crippen molar-refractivity contribution < 1.29 is 14.3 Å². The molecule has 28 heavy (non-hydrogen) atoms. The fraction of sp³-hybridized carbons (Fsp3) is 0.429. The van der Waals surface area contributed by atoms with Gasteiger partial charge in [0.15, 0.2) is 6.61 Å². The van der Waals surface area contributed by atoms with E-state index in [1.165, 1.54) is 10.6 Å². The zero-order valence-corrected chi connectivity index (χ0v) is 17.4. The van der Waals surface area contributed by atoms with Crippen LogP contribution in [0, 0.1) is 0 Å². The topological polar surface area (TPSA) is 63.2 Å². The third-order valence-corrected chi connectivity index (χ3v) is 5.49. The van der Waals surface area contributed by atoms with Crippen LogP contribution in [-0.2, 0) is 14.9 Å². The molecule has 0 spiro atoms. The lowest BCUT2D eigenvalue weighted by atomic mass is 9.87. The van der Waals surface area contributed by atoms with Gasteiger partial charge in [0.05, 0.1) is 24.4 Å². The van der Waals surface area contributed by atoms with Crippen LogP contribution in [0.2, 0.25) is 0 Å². The standard InChI is InChI=1S/C21H27N3O3S/c1-21(2,3)16-4-6-17(7-5-16)27-15-19(25)23-22-14-18-8-9-20(28-18)24-10-12-26-13-11-24/h4-9,14H,10-13,15H2,1-3H3,(H,23,25). The first-order chi connectivity index (χ1) is 13.4. The van der Waals surface area contributed by atoms with E-state index in [0.29, 0.717) is 5.75 Å². The number of carbonyl (C=O) groups excluding carboxylic acids is 1. The molecule has 1 amide bonds. The Labute approximate surface area is 170 Å². The van der Waals surface area contributed by atoms with Crippen LogP contribution < -0.4 is 15.1 Å². The number of amides is 1. The van der Waals surface area contributed by atoms with Crippen LogP contribution in [0.4, 0.5) is 5.00 Å². The first-order valence-corrected chi connectivity index (χ1v) is 10.2. The molecule has 0 unspecified atom stereocenters. The van der Waals surface area contributed by atoms with Crippen molar-refractivity contribution in [1.29, 1.82) is 0 Å². The zero-order chi connectivity index (χ0) is 20.0. The van der Waals surface area contributed by atoms with Crippen LogP contribution >= 0.6 is 11.3 Å². The van der Waals surface area contributed by atoms with Gasteiger partial charge in [-0.25, -0.2) is 5.43 Å². The normalized spacial score (nSPS) is 15.0. The summed E-state index contributed by atoms with van der Waals surface area (Å²) in [6.07, 6.45) is 1.66. The number of carbonyl (C=O) groups is 1. The molecule has 1 fully saturated rings. The molecule has 0 radical (unpaired) electrons. The van der Waals surface area contributed by atoms with Crippen LogP contribution in [-0.4, -0.2) is 45.0 Å². The largest absolute Gasteiger partial charge is 0.484 e. The second kappa shape index (κ2) is 9.21. The minimum Gasteiger partial charge on any atom is -0.484 e. The lowest BCUT2D eigenvalue weighted by Gasteiger charge is -2.27.